The molecule has 0 unspecified atom stereocenters. The smallest absolute Gasteiger partial charge is 0.198 e. The maximum Gasteiger partial charge on any atom is 0.198 e. The predicted molar refractivity (Wildman–Crippen MR) is 95.0 cm³/mol. The van der Waals surface area contributed by atoms with Gasteiger partial charge >= 0.3 is 0 Å². The minimum atomic E-state index is -0.210. The Labute approximate surface area is 151 Å². The molecule has 0 N–H and O–H groups in total. The molecule has 1 aromatic carbocycles. The number of hydrogen-bond acceptors (Lipinski definition) is 5. The van der Waals surface area contributed by atoms with E-state index in [1.54, 1.807) is 36.9 Å². The molecule has 3 heterocycles. The fraction of sp³-hybridized carbons (Fsp3) is 0.350. The zero-order chi connectivity index (χ0) is 17.8. The maximum atomic E-state index is 13.8. The first-order valence-electron chi connectivity index (χ1n) is 8.93. The zero-order valence-electron chi connectivity index (χ0n) is 14.5. The van der Waals surface area contributed by atoms with Gasteiger partial charge in [0, 0.05) is 44.0 Å². The first-order valence-corrected chi connectivity index (χ1v) is 8.93. The number of oxazole rings is 1. The van der Waals surface area contributed by atoms with Crippen LogP contribution in [0.3, 0.4) is 0 Å². The molecule has 4 rings (SSSR count). The van der Waals surface area contributed by atoms with Gasteiger partial charge < -0.3 is 4.42 Å². The van der Waals surface area contributed by atoms with E-state index in [1.807, 2.05) is 6.07 Å². The molecule has 134 valence electrons. The summed E-state index contributed by atoms with van der Waals surface area (Å²) in [6.07, 6.45) is 9.51. The van der Waals surface area contributed by atoms with Crippen molar-refractivity contribution in [1.29, 1.82) is 0 Å². The van der Waals surface area contributed by atoms with Gasteiger partial charge in [0.1, 0.15) is 11.6 Å². The van der Waals surface area contributed by atoms with Crippen LogP contribution in [0, 0.1) is 5.82 Å². The molecule has 1 saturated heterocycles. The molecular formula is C20H21FN4O. The van der Waals surface area contributed by atoms with E-state index in [2.05, 4.69) is 19.9 Å². The molecular weight excluding hydrogens is 331 g/mol. The van der Waals surface area contributed by atoms with E-state index in [-0.39, 0.29) is 11.7 Å². The summed E-state index contributed by atoms with van der Waals surface area (Å²) < 4.78 is 19.8. The normalized spacial score (nSPS) is 18.1. The molecule has 26 heavy (non-hydrogen) atoms. The van der Waals surface area contributed by atoms with E-state index in [1.165, 1.54) is 6.07 Å². The monoisotopic (exact) mass is 352 g/mol. The average molecular weight is 352 g/mol. The second kappa shape index (κ2) is 7.74. The number of halogens is 1. The lowest BCUT2D eigenvalue weighted by Crippen LogP contribution is -2.34. The van der Waals surface area contributed by atoms with Crippen LogP contribution in [0.5, 0.6) is 0 Å². The third-order valence-electron chi connectivity index (χ3n) is 4.75. The average Bonchev–Trinajstić information content (AvgIpc) is 3.13. The Kier molecular flexibility index (Phi) is 5.02. The van der Waals surface area contributed by atoms with Crippen molar-refractivity contribution in [2.75, 3.05) is 13.1 Å². The van der Waals surface area contributed by atoms with Gasteiger partial charge in [0.2, 0.25) is 0 Å². The largest absolute Gasteiger partial charge is 0.445 e. The third-order valence-corrected chi connectivity index (χ3v) is 4.75. The predicted octanol–water partition coefficient (Wildman–Crippen LogP) is 3.57. The second-order valence-corrected chi connectivity index (χ2v) is 6.70. The van der Waals surface area contributed by atoms with Gasteiger partial charge in [-0.05, 0) is 31.0 Å². The topological polar surface area (TPSA) is 55.1 Å². The Morgan fingerprint density at radius 2 is 2.08 bits per heavy atom. The summed E-state index contributed by atoms with van der Waals surface area (Å²) in [5.41, 5.74) is 1.60. The van der Waals surface area contributed by atoms with Gasteiger partial charge in [-0.1, -0.05) is 18.2 Å². The van der Waals surface area contributed by atoms with E-state index in [9.17, 15) is 4.39 Å². The number of likely N-dealkylation sites (tertiary alicyclic amines) is 1. The molecule has 5 nitrogen and oxygen atoms in total. The molecule has 0 radical (unpaired) electrons. The summed E-state index contributed by atoms with van der Waals surface area (Å²) in [5, 5.41) is 0. The van der Waals surface area contributed by atoms with E-state index >= 15 is 0 Å². The van der Waals surface area contributed by atoms with Crippen LogP contribution in [0.25, 0.3) is 0 Å². The number of hydrogen-bond donors (Lipinski definition) is 0. The second-order valence-electron chi connectivity index (χ2n) is 6.70. The van der Waals surface area contributed by atoms with E-state index in [0.29, 0.717) is 17.7 Å². The number of benzene rings is 1. The standard InChI is InChI=1S/C20H21FN4O/c21-19-6-2-1-4-15(19)10-18-12-24-20(26-18)16-5-3-9-25(13-16)14-17-11-22-7-8-23-17/h1-2,4,6-8,11-12,16H,3,5,9-10,13-14H2/t16-/m1/s1. The fourth-order valence-corrected chi connectivity index (χ4v) is 3.46. The third kappa shape index (κ3) is 3.96. The van der Waals surface area contributed by atoms with Gasteiger partial charge in [-0.3, -0.25) is 14.9 Å². The lowest BCUT2D eigenvalue weighted by molar-refractivity contribution is 0.183. The molecule has 6 heteroatoms. The number of aromatic nitrogens is 3. The molecule has 0 saturated carbocycles. The molecule has 0 amide bonds. The number of rotatable bonds is 5. The van der Waals surface area contributed by atoms with Crippen molar-refractivity contribution in [3.63, 3.8) is 0 Å². The summed E-state index contributed by atoms with van der Waals surface area (Å²) in [7, 11) is 0. The molecule has 1 fully saturated rings. The van der Waals surface area contributed by atoms with Crippen molar-refractivity contribution in [1.82, 2.24) is 19.9 Å². The van der Waals surface area contributed by atoms with Crippen molar-refractivity contribution >= 4 is 0 Å². The summed E-state index contributed by atoms with van der Waals surface area (Å²) in [4.78, 5) is 15.3. The van der Waals surface area contributed by atoms with Crippen LogP contribution < -0.4 is 0 Å². The minimum Gasteiger partial charge on any atom is -0.445 e. The Morgan fingerprint density at radius 1 is 1.15 bits per heavy atom. The lowest BCUT2D eigenvalue weighted by Gasteiger charge is -2.30. The van der Waals surface area contributed by atoms with Gasteiger partial charge in [0.05, 0.1) is 11.9 Å². The molecule has 0 spiro atoms. The highest BCUT2D eigenvalue weighted by molar-refractivity contribution is 5.21. The molecule has 0 bridgehead atoms. The van der Waals surface area contributed by atoms with Crippen LogP contribution in [0.4, 0.5) is 4.39 Å². The highest BCUT2D eigenvalue weighted by Crippen LogP contribution is 2.28. The van der Waals surface area contributed by atoms with Crippen LogP contribution in [-0.2, 0) is 13.0 Å². The number of nitrogens with zero attached hydrogens (tertiary/aromatic N) is 4. The highest BCUT2D eigenvalue weighted by Gasteiger charge is 2.25. The zero-order valence-corrected chi connectivity index (χ0v) is 14.5. The molecule has 1 aliphatic heterocycles. The summed E-state index contributed by atoms with van der Waals surface area (Å²) in [6.45, 7) is 2.71. The van der Waals surface area contributed by atoms with Crippen molar-refractivity contribution in [3.8, 4) is 0 Å². The Bertz CT molecular complexity index is 852. The summed E-state index contributed by atoms with van der Waals surface area (Å²) in [5.74, 6) is 1.50. The molecule has 3 aromatic rings. The Hall–Kier alpha value is -2.60. The highest BCUT2D eigenvalue weighted by atomic mass is 19.1. The van der Waals surface area contributed by atoms with E-state index < -0.39 is 0 Å². The van der Waals surface area contributed by atoms with Crippen LogP contribution >= 0.6 is 0 Å². The van der Waals surface area contributed by atoms with Crippen molar-refractivity contribution in [2.24, 2.45) is 0 Å². The fourth-order valence-electron chi connectivity index (χ4n) is 3.46. The minimum absolute atomic E-state index is 0.210. The molecule has 1 aliphatic rings. The first kappa shape index (κ1) is 16.8. The maximum absolute atomic E-state index is 13.8. The first-order chi connectivity index (χ1) is 12.8. The number of piperidine rings is 1. The van der Waals surface area contributed by atoms with Gasteiger partial charge in [0.25, 0.3) is 0 Å². The van der Waals surface area contributed by atoms with Crippen LogP contribution in [0.15, 0.2) is 53.5 Å². The molecule has 0 aliphatic carbocycles. The van der Waals surface area contributed by atoms with Crippen molar-refractivity contribution in [2.45, 2.75) is 31.7 Å². The van der Waals surface area contributed by atoms with Gasteiger partial charge in [-0.15, -0.1) is 0 Å². The van der Waals surface area contributed by atoms with Crippen molar-refractivity contribution in [3.05, 3.63) is 77.8 Å². The van der Waals surface area contributed by atoms with Gasteiger partial charge in [0.15, 0.2) is 5.89 Å². The Balaban J connectivity index is 1.41. The van der Waals surface area contributed by atoms with Crippen LogP contribution in [0.1, 0.15) is 41.7 Å². The summed E-state index contributed by atoms with van der Waals surface area (Å²) >= 11 is 0. The van der Waals surface area contributed by atoms with E-state index in [0.717, 1.165) is 44.1 Å². The Morgan fingerprint density at radius 3 is 2.92 bits per heavy atom. The van der Waals surface area contributed by atoms with Gasteiger partial charge in [-0.2, -0.15) is 0 Å². The van der Waals surface area contributed by atoms with E-state index in [4.69, 9.17) is 4.42 Å². The van der Waals surface area contributed by atoms with Crippen LogP contribution in [-0.4, -0.2) is 32.9 Å². The van der Waals surface area contributed by atoms with Gasteiger partial charge in [-0.25, -0.2) is 9.37 Å². The molecule has 2 aromatic heterocycles. The molecule has 1 atom stereocenters. The van der Waals surface area contributed by atoms with Crippen LogP contribution in [0.2, 0.25) is 0 Å². The quantitative estimate of drug-likeness (QED) is 0.703. The van der Waals surface area contributed by atoms with Crippen molar-refractivity contribution < 1.29 is 8.81 Å². The SMILES string of the molecule is Fc1ccccc1Cc1cnc([C@@H]2CCCN(Cc3cnccn3)C2)o1. The summed E-state index contributed by atoms with van der Waals surface area (Å²) in [6, 6.07) is 6.78. The lowest BCUT2D eigenvalue weighted by atomic mass is 9.98.